The van der Waals surface area contributed by atoms with Crippen molar-refractivity contribution in [2.45, 2.75) is 38.0 Å². The molecule has 1 aromatic carbocycles. The lowest BCUT2D eigenvalue weighted by Gasteiger charge is -2.21. The minimum absolute atomic E-state index is 0.0210. The topological polar surface area (TPSA) is 88.5 Å². The maximum atomic E-state index is 14.8. The molecule has 182 valence electrons. The van der Waals surface area contributed by atoms with Crippen molar-refractivity contribution >= 4 is 28.5 Å². The van der Waals surface area contributed by atoms with Crippen molar-refractivity contribution in [3.8, 4) is 11.3 Å². The number of aromatic nitrogens is 5. The van der Waals surface area contributed by atoms with Gasteiger partial charge in [0.2, 0.25) is 0 Å². The number of fused-ring (bicyclic) bond motifs is 2. The molecular weight excluding hydrogens is 459 g/mol. The van der Waals surface area contributed by atoms with Gasteiger partial charge in [-0.25, -0.2) is 19.2 Å². The first-order valence-electron chi connectivity index (χ1n) is 12.0. The normalized spacial score (nSPS) is 17.7. The predicted molar refractivity (Wildman–Crippen MR) is 135 cm³/mol. The number of alkyl halides is 1. The number of halogens is 1. The third-order valence-corrected chi connectivity index (χ3v) is 6.96. The van der Waals surface area contributed by atoms with Gasteiger partial charge >= 0.3 is 5.97 Å². The van der Waals surface area contributed by atoms with Crippen molar-refractivity contribution in [1.29, 1.82) is 0 Å². The molecule has 0 amide bonds. The molecule has 8 nitrogen and oxygen atoms in total. The van der Waals surface area contributed by atoms with E-state index in [2.05, 4.69) is 10.1 Å². The molecule has 2 atom stereocenters. The molecule has 1 N–H and O–H groups in total. The number of hydrogen-bond donors (Lipinski definition) is 1. The van der Waals surface area contributed by atoms with E-state index in [4.69, 9.17) is 4.98 Å². The van der Waals surface area contributed by atoms with Crippen LogP contribution in [0.4, 0.5) is 10.2 Å². The lowest BCUT2D eigenvalue weighted by Crippen LogP contribution is -2.20. The fourth-order valence-electron chi connectivity index (χ4n) is 5.19. The summed E-state index contributed by atoms with van der Waals surface area (Å²) < 4.78 is 18.2. The van der Waals surface area contributed by atoms with E-state index in [-0.39, 0.29) is 17.3 Å². The summed E-state index contributed by atoms with van der Waals surface area (Å²) in [6.45, 7) is 0.594. The molecule has 36 heavy (non-hydrogen) atoms. The summed E-state index contributed by atoms with van der Waals surface area (Å²) in [5.41, 5.74) is 3.46. The monoisotopic (exact) mass is 484 g/mol. The van der Waals surface area contributed by atoms with Crippen molar-refractivity contribution in [3.63, 3.8) is 0 Å². The van der Waals surface area contributed by atoms with Crippen molar-refractivity contribution in [2.24, 2.45) is 0 Å². The van der Waals surface area contributed by atoms with Crippen LogP contribution in [0.25, 0.3) is 27.9 Å². The molecular formula is C27H25FN6O2. The molecule has 0 spiro atoms. The van der Waals surface area contributed by atoms with E-state index in [1.54, 1.807) is 10.7 Å². The van der Waals surface area contributed by atoms with Gasteiger partial charge in [0.1, 0.15) is 23.2 Å². The summed E-state index contributed by atoms with van der Waals surface area (Å²) in [5, 5.41) is 15.0. The molecule has 0 aliphatic heterocycles. The van der Waals surface area contributed by atoms with Crippen molar-refractivity contribution in [2.75, 3.05) is 11.9 Å². The number of pyridine rings is 1. The maximum Gasteiger partial charge on any atom is 0.341 e. The first kappa shape index (κ1) is 22.2. The molecule has 1 aliphatic rings. The molecule has 5 aromatic rings. The van der Waals surface area contributed by atoms with E-state index in [0.29, 0.717) is 30.1 Å². The Kier molecular flexibility index (Phi) is 5.40. The molecule has 0 bridgehead atoms. The minimum atomic E-state index is -1.10. The molecule has 1 fully saturated rings. The van der Waals surface area contributed by atoms with Crippen molar-refractivity contribution in [3.05, 3.63) is 78.2 Å². The van der Waals surface area contributed by atoms with Gasteiger partial charge < -0.3 is 14.6 Å². The van der Waals surface area contributed by atoms with Crippen LogP contribution in [0.1, 0.15) is 41.2 Å². The minimum Gasteiger partial charge on any atom is -0.477 e. The first-order valence-corrected chi connectivity index (χ1v) is 12.0. The van der Waals surface area contributed by atoms with E-state index in [1.165, 1.54) is 6.20 Å². The summed E-state index contributed by atoms with van der Waals surface area (Å²) in [4.78, 5) is 23.3. The maximum absolute atomic E-state index is 14.8. The van der Waals surface area contributed by atoms with Crippen LogP contribution in [0.3, 0.4) is 0 Å². The average molecular weight is 485 g/mol. The van der Waals surface area contributed by atoms with Gasteiger partial charge in [0.15, 0.2) is 5.65 Å². The van der Waals surface area contributed by atoms with Crippen molar-refractivity contribution < 1.29 is 14.3 Å². The Morgan fingerprint density at radius 3 is 2.75 bits per heavy atom. The Hall–Kier alpha value is -4.27. The molecule has 0 saturated heterocycles. The number of rotatable bonds is 6. The van der Waals surface area contributed by atoms with Gasteiger partial charge in [-0.3, -0.25) is 0 Å². The number of benzene rings is 1. The Bertz CT molecular complexity index is 1580. The Morgan fingerprint density at radius 1 is 1.17 bits per heavy atom. The number of aromatic carboxylic acids is 1. The van der Waals surface area contributed by atoms with E-state index in [0.717, 1.165) is 29.4 Å². The van der Waals surface area contributed by atoms with E-state index in [1.807, 2.05) is 71.2 Å². The number of nitrogens with zero attached hydrogens (tertiary/aromatic N) is 6. The van der Waals surface area contributed by atoms with Gasteiger partial charge in [-0.05, 0) is 37.0 Å². The summed E-state index contributed by atoms with van der Waals surface area (Å²) in [6.07, 6.45) is 6.16. The van der Waals surface area contributed by atoms with Gasteiger partial charge in [-0.2, -0.15) is 9.61 Å². The fraction of sp³-hybridized carbons (Fsp3) is 0.259. The molecule has 1 aliphatic carbocycles. The summed E-state index contributed by atoms with van der Waals surface area (Å²) >= 11 is 0. The molecule has 0 unspecified atom stereocenters. The molecule has 4 aromatic heterocycles. The van der Waals surface area contributed by atoms with Gasteiger partial charge in [0, 0.05) is 43.0 Å². The van der Waals surface area contributed by atoms with E-state index in [9.17, 15) is 14.3 Å². The lowest BCUT2D eigenvalue weighted by molar-refractivity contribution is 0.0698. The van der Waals surface area contributed by atoms with Crippen LogP contribution in [-0.2, 0) is 6.54 Å². The summed E-state index contributed by atoms with van der Waals surface area (Å²) in [6, 6.07) is 15.4. The zero-order chi connectivity index (χ0) is 24.8. The Morgan fingerprint density at radius 2 is 2.00 bits per heavy atom. The van der Waals surface area contributed by atoms with Gasteiger partial charge in [-0.1, -0.05) is 30.3 Å². The standard InChI is InChI=1S/C27H25FN6O2/c1-32(15-17-7-3-2-4-8-17)24-13-22(31-26-19(27(35)36)14-30-34(24)26)20-16-33(23-11-5-10-21(23)28)25-18(20)9-6-12-29-25/h2-4,6-9,12-14,16,21,23H,5,10-11,15H2,1H3,(H,35,36)/t21-,23+/m1/s1. The van der Waals surface area contributed by atoms with Crippen LogP contribution in [0.2, 0.25) is 0 Å². The fourth-order valence-corrected chi connectivity index (χ4v) is 5.19. The first-order chi connectivity index (χ1) is 17.5. The highest BCUT2D eigenvalue weighted by molar-refractivity contribution is 5.97. The number of carboxylic acids is 1. The number of hydrogen-bond acceptors (Lipinski definition) is 5. The highest BCUT2D eigenvalue weighted by atomic mass is 19.1. The Labute approximate surface area is 206 Å². The van der Waals surface area contributed by atoms with Gasteiger partial charge in [0.25, 0.3) is 0 Å². The lowest BCUT2D eigenvalue weighted by atomic mass is 10.1. The SMILES string of the molecule is CN(Cc1ccccc1)c1cc(-c2cn([C@H]3CCC[C@H]3F)c3ncccc23)nc2c(C(=O)O)cnn12. The molecule has 1 saturated carbocycles. The molecule has 4 heterocycles. The van der Waals surface area contributed by atoms with Crippen LogP contribution in [0.5, 0.6) is 0 Å². The van der Waals surface area contributed by atoms with Crippen LogP contribution in [0.15, 0.2) is 67.1 Å². The summed E-state index contributed by atoms with van der Waals surface area (Å²) in [7, 11) is 1.94. The third-order valence-electron chi connectivity index (χ3n) is 6.96. The number of carboxylic acid groups (broad SMARTS) is 1. The second-order valence-corrected chi connectivity index (χ2v) is 9.28. The van der Waals surface area contributed by atoms with E-state index >= 15 is 0 Å². The van der Waals surface area contributed by atoms with Crippen LogP contribution < -0.4 is 4.90 Å². The van der Waals surface area contributed by atoms with E-state index < -0.39 is 12.1 Å². The number of anilines is 1. The van der Waals surface area contributed by atoms with Crippen LogP contribution >= 0.6 is 0 Å². The average Bonchev–Trinajstić information content (AvgIpc) is 3.60. The third kappa shape index (κ3) is 3.67. The molecule has 9 heteroatoms. The Balaban J connectivity index is 1.54. The predicted octanol–water partition coefficient (Wildman–Crippen LogP) is 5.14. The zero-order valence-electron chi connectivity index (χ0n) is 19.8. The summed E-state index contributed by atoms with van der Waals surface area (Å²) in [5.74, 6) is -0.401. The molecule has 0 radical (unpaired) electrons. The highest BCUT2D eigenvalue weighted by Crippen LogP contribution is 2.39. The molecule has 6 rings (SSSR count). The largest absolute Gasteiger partial charge is 0.477 e. The quantitative estimate of drug-likeness (QED) is 0.359. The van der Waals surface area contributed by atoms with Gasteiger partial charge in [0.05, 0.1) is 17.9 Å². The zero-order valence-corrected chi connectivity index (χ0v) is 19.8. The second-order valence-electron chi connectivity index (χ2n) is 9.28. The smallest absolute Gasteiger partial charge is 0.341 e. The van der Waals surface area contributed by atoms with Crippen LogP contribution in [-0.4, -0.2) is 48.4 Å². The highest BCUT2D eigenvalue weighted by Gasteiger charge is 2.31. The van der Waals surface area contributed by atoms with Crippen LogP contribution in [0, 0.1) is 0 Å². The van der Waals surface area contributed by atoms with Gasteiger partial charge in [-0.15, -0.1) is 0 Å². The second kappa shape index (κ2) is 8.75. The van der Waals surface area contributed by atoms with Crippen molar-refractivity contribution in [1.82, 2.24) is 24.1 Å². The number of carbonyl (C=O) groups is 1.